The van der Waals surface area contributed by atoms with E-state index < -0.39 is 11.8 Å². The van der Waals surface area contributed by atoms with Gasteiger partial charge in [-0.1, -0.05) is 30.3 Å². The molecule has 0 aliphatic rings. The van der Waals surface area contributed by atoms with E-state index in [1.165, 1.54) is 6.07 Å². The van der Waals surface area contributed by atoms with Gasteiger partial charge in [-0.05, 0) is 47.0 Å². The fourth-order valence-corrected chi connectivity index (χ4v) is 2.92. The lowest BCUT2D eigenvalue weighted by Gasteiger charge is -2.17. The first-order chi connectivity index (χ1) is 12.4. The molecular weight excluding hydrogens is 328 g/mol. The van der Waals surface area contributed by atoms with E-state index in [1.807, 2.05) is 12.1 Å². The van der Waals surface area contributed by atoms with Crippen molar-refractivity contribution in [3.8, 4) is 22.3 Å². The molecule has 0 spiro atoms. The summed E-state index contributed by atoms with van der Waals surface area (Å²) in [4.78, 5) is 24.0. The Kier molecular flexibility index (Phi) is 4.33. The lowest BCUT2D eigenvalue weighted by Crippen LogP contribution is -2.22. The van der Waals surface area contributed by atoms with Crippen LogP contribution in [0, 0.1) is 0 Å². The van der Waals surface area contributed by atoms with Gasteiger partial charge >= 0.3 is 0 Å². The molecule has 3 aromatic rings. The number of hydrogen-bond donors (Lipinski definition) is 4. The highest BCUT2D eigenvalue weighted by atomic mass is 16.2. The molecule has 6 nitrogen and oxygen atoms in total. The van der Waals surface area contributed by atoms with Crippen LogP contribution in [0.5, 0.6) is 0 Å². The van der Waals surface area contributed by atoms with E-state index in [9.17, 15) is 9.59 Å². The van der Waals surface area contributed by atoms with Crippen LogP contribution in [-0.2, 0) is 0 Å². The van der Waals surface area contributed by atoms with E-state index in [0.29, 0.717) is 22.5 Å². The van der Waals surface area contributed by atoms with Crippen LogP contribution < -0.4 is 22.9 Å². The summed E-state index contributed by atoms with van der Waals surface area (Å²) >= 11 is 0. The van der Waals surface area contributed by atoms with Crippen LogP contribution in [-0.4, -0.2) is 11.8 Å². The van der Waals surface area contributed by atoms with Gasteiger partial charge in [0, 0.05) is 16.9 Å². The van der Waals surface area contributed by atoms with Crippen LogP contribution in [0.15, 0.2) is 60.7 Å². The lowest BCUT2D eigenvalue weighted by atomic mass is 9.87. The van der Waals surface area contributed by atoms with Crippen molar-refractivity contribution in [2.75, 3.05) is 11.5 Å². The molecule has 0 aliphatic carbocycles. The predicted molar refractivity (Wildman–Crippen MR) is 103 cm³/mol. The smallest absolute Gasteiger partial charge is 0.250 e. The zero-order valence-electron chi connectivity index (χ0n) is 13.9. The van der Waals surface area contributed by atoms with Crippen molar-refractivity contribution in [1.29, 1.82) is 0 Å². The van der Waals surface area contributed by atoms with E-state index in [0.717, 1.165) is 11.1 Å². The third-order valence-corrected chi connectivity index (χ3v) is 4.14. The average Bonchev–Trinajstić information content (AvgIpc) is 2.61. The van der Waals surface area contributed by atoms with E-state index >= 15 is 0 Å². The van der Waals surface area contributed by atoms with Gasteiger partial charge in [-0.3, -0.25) is 9.59 Å². The van der Waals surface area contributed by atoms with Gasteiger partial charge in [0.2, 0.25) is 11.8 Å². The molecule has 0 unspecified atom stereocenters. The molecule has 6 heteroatoms. The Hall–Kier alpha value is -3.80. The molecule has 3 aromatic carbocycles. The van der Waals surface area contributed by atoms with E-state index in [-0.39, 0.29) is 11.1 Å². The zero-order valence-corrected chi connectivity index (χ0v) is 13.9. The van der Waals surface area contributed by atoms with Crippen molar-refractivity contribution in [2.45, 2.75) is 0 Å². The van der Waals surface area contributed by atoms with Gasteiger partial charge in [-0.2, -0.15) is 0 Å². The molecule has 8 N–H and O–H groups in total. The maximum atomic E-state index is 12.2. The first kappa shape index (κ1) is 17.0. The molecule has 3 rings (SSSR count). The minimum atomic E-state index is -0.733. The van der Waals surface area contributed by atoms with Crippen molar-refractivity contribution in [1.82, 2.24) is 0 Å². The molecule has 0 aromatic heterocycles. The van der Waals surface area contributed by atoms with E-state index in [1.54, 1.807) is 42.5 Å². The molecule has 0 saturated carbocycles. The van der Waals surface area contributed by atoms with Crippen molar-refractivity contribution in [3.05, 3.63) is 71.8 Å². The van der Waals surface area contributed by atoms with Gasteiger partial charge in [0.1, 0.15) is 0 Å². The van der Waals surface area contributed by atoms with Gasteiger partial charge in [-0.15, -0.1) is 0 Å². The Morgan fingerprint density at radius 3 is 1.58 bits per heavy atom. The van der Waals surface area contributed by atoms with Gasteiger partial charge in [0.25, 0.3) is 0 Å². The number of rotatable bonds is 4. The van der Waals surface area contributed by atoms with Gasteiger partial charge in [-0.25, -0.2) is 0 Å². The van der Waals surface area contributed by atoms with Crippen molar-refractivity contribution in [3.63, 3.8) is 0 Å². The maximum Gasteiger partial charge on any atom is 0.250 e. The molecule has 0 heterocycles. The topological polar surface area (TPSA) is 138 Å². The average molecular weight is 346 g/mol. The number of amides is 2. The summed E-state index contributed by atoms with van der Waals surface area (Å²) in [6.45, 7) is 0. The SMILES string of the molecule is NC(=O)c1ccc(-c2ccc(N)cc2)c(-c2ccc(N)cc2)c1C(N)=O. The summed E-state index contributed by atoms with van der Waals surface area (Å²) in [7, 11) is 0. The third-order valence-electron chi connectivity index (χ3n) is 4.14. The highest BCUT2D eigenvalue weighted by molar-refractivity contribution is 6.13. The fourth-order valence-electron chi connectivity index (χ4n) is 2.92. The Morgan fingerprint density at radius 1 is 0.615 bits per heavy atom. The van der Waals surface area contributed by atoms with Crippen molar-refractivity contribution < 1.29 is 9.59 Å². The lowest BCUT2D eigenvalue weighted by molar-refractivity contribution is 0.0968. The number of anilines is 2. The van der Waals surface area contributed by atoms with Crippen LogP contribution in [0.25, 0.3) is 22.3 Å². The summed E-state index contributed by atoms with van der Waals surface area (Å²) in [5.74, 6) is -1.46. The third kappa shape index (κ3) is 3.08. The van der Waals surface area contributed by atoms with E-state index in [4.69, 9.17) is 22.9 Å². The van der Waals surface area contributed by atoms with Gasteiger partial charge < -0.3 is 22.9 Å². The fraction of sp³-hybridized carbons (Fsp3) is 0. The monoisotopic (exact) mass is 346 g/mol. The molecule has 26 heavy (non-hydrogen) atoms. The van der Waals surface area contributed by atoms with Crippen LogP contribution >= 0.6 is 0 Å². The zero-order chi connectivity index (χ0) is 18.8. The standard InChI is InChI=1S/C20H18N4O2/c21-13-5-1-11(2-6-13)15-9-10-16(19(23)25)18(20(24)26)17(15)12-3-7-14(22)8-4-12/h1-10H,21-22H2,(H2,23,25)(H2,24,26). The minimum Gasteiger partial charge on any atom is -0.399 e. The number of nitrogen functional groups attached to an aromatic ring is 2. The molecule has 0 radical (unpaired) electrons. The normalized spacial score (nSPS) is 10.5. The van der Waals surface area contributed by atoms with Crippen molar-refractivity contribution in [2.24, 2.45) is 11.5 Å². The summed E-state index contributed by atoms with van der Waals surface area (Å²) in [6, 6.07) is 17.4. The second kappa shape index (κ2) is 6.60. The number of primary amides is 2. The van der Waals surface area contributed by atoms with Crippen LogP contribution in [0.4, 0.5) is 11.4 Å². The molecule has 0 fully saturated rings. The summed E-state index contributed by atoms with van der Waals surface area (Å²) < 4.78 is 0. The number of carbonyl (C=O) groups excluding carboxylic acids is 2. The van der Waals surface area contributed by atoms with Gasteiger partial charge in [0.05, 0.1) is 11.1 Å². The first-order valence-corrected chi connectivity index (χ1v) is 7.87. The highest BCUT2D eigenvalue weighted by Crippen LogP contribution is 2.37. The summed E-state index contributed by atoms with van der Waals surface area (Å²) in [6.07, 6.45) is 0. The predicted octanol–water partition coefficient (Wildman–Crippen LogP) is 2.38. The second-order valence-electron chi connectivity index (χ2n) is 5.88. The Labute approximate surface area is 150 Å². The largest absolute Gasteiger partial charge is 0.399 e. The minimum absolute atomic E-state index is 0.0727. The number of nitrogens with two attached hydrogens (primary N) is 4. The van der Waals surface area contributed by atoms with Crippen LogP contribution in [0.3, 0.4) is 0 Å². The number of carbonyl (C=O) groups is 2. The second-order valence-corrected chi connectivity index (χ2v) is 5.88. The quantitative estimate of drug-likeness (QED) is 0.539. The van der Waals surface area contributed by atoms with Crippen LogP contribution in [0.2, 0.25) is 0 Å². The van der Waals surface area contributed by atoms with Crippen molar-refractivity contribution >= 4 is 23.2 Å². The Morgan fingerprint density at radius 2 is 1.12 bits per heavy atom. The summed E-state index contributed by atoms with van der Waals surface area (Å²) in [5.41, 5.74) is 26.7. The highest BCUT2D eigenvalue weighted by Gasteiger charge is 2.22. The maximum absolute atomic E-state index is 12.2. The first-order valence-electron chi connectivity index (χ1n) is 7.87. The molecule has 2 amide bonds. The number of hydrogen-bond acceptors (Lipinski definition) is 4. The number of benzene rings is 3. The molecule has 130 valence electrons. The molecule has 0 aliphatic heterocycles. The molecule has 0 bridgehead atoms. The Balaban J connectivity index is 2.39. The molecular formula is C20H18N4O2. The molecule has 0 saturated heterocycles. The van der Waals surface area contributed by atoms with E-state index in [2.05, 4.69) is 0 Å². The van der Waals surface area contributed by atoms with Crippen LogP contribution in [0.1, 0.15) is 20.7 Å². The Bertz CT molecular complexity index is 994. The van der Waals surface area contributed by atoms with Gasteiger partial charge in [0.15, 0.2) is 0 Å². The molecule has 0 atom stereocenters. The summed E-state index contributed by atoms with van der Waals surface area (Å²) in [5, 5.41) is 0.